The molecule has 0 bridgehead atoms. The highest BCUT2D eigenvalue weighted by molar-refractivity contribution is 7.09. The van der Waals surface area contributed by atoms with Gasteiger partial charge in [0.15, 0.2) is 5.69 Å². The summed E-state index contributed by atoms with van der Waals surface area (Å²) >= 11 is 1.61. The van der Waals surface area contributed by atoms with Crippen molar-refractivity contribution in [2.75, 3.05) is 0 Å². The smallest absolute Gasteiger partial charge is 0.277 e. The summed E-state index contributed by atoms with van der Waals surface area (Å²) in [5.41, 5.74) is 7.83. The second-order valence-corrected chi connectivity index (χ2v) is 7.24. The van der Waals surface area contributed by atoms with Gasteiger partial charge in [0.25, 0.3) is 5.91 Å². The number of amides is 2. The Morgan fingerprint density at radius 3 is 2.73 bits per heavy atom. The molecule has 3 aromatic rings. The molecule has 0 saturated carbocycles. The first-order chi connectivity index (χ1) is 12.6. The minimum Gasteiger partial charge on any atom is -0.368 e. The molecule has 0 fully saturated rings. The molecule has 0 saturated heterocycles. The summed E-state index contributed by atoms with van der Waals surface area (Å²) in [4.78, 5) is 27.5. The Morgan fingerprint density at radius 1 is 1.19 bits per heavy atom. The van der Waals surface area contributed by atoms with Crippen LogP contribution < -0.4 is 5.73 Å². The second-order valence-electron chi connectivity index (χ2n) is 6.20. The fraction of sp³-hybridized carbons (Fsp3) is 0.222. The lowest BCUT2D eigenvalue weighted by Crippen LogP contribution is -2.51. The van der Waals surface area contributed by atoms with Gasteiger partial charge in [-0.2, -0.15) is 0 Å². The zero-order valence-corrected chi connectivity index (χ0v) is 14.7. The second kappa shape index (κ2) is 6.72. The largest absolute Gasteiger partial charge is 0.368 e. The Balaban J connectivity index is 1.58. The average molecular weight is 367 g/mol. The molecule has 1 aliphatic heterocycles. The average Bonchev–Trinajstić information content (AvgIpc) is 3.32. The summed E-state index contributed by atoms with van der Waals surface area (Å²) < 4.78 is 1.62. The first-order valence-electron chi connectivity index (χ1n) is 8.21. The summed E-state index contributed by atoms with van der Waals surface area (Å²) in [5.74, 6) is -0.848. The Hall–Kier alpha value is -3.00. The summed E-state index contributed by atoms with van der Waals surface area (Å²) in [6.45, 7) is 0.889. The fourth-order valence-electron chi connectivity index (χ4n) is 3.17. The van der Waals surface area contributed by atoms with Gasteiger partial charge in [-0.25, -0.2) is 4.68 Å². The quantitative estimate of drug-likeness (QED) is 0.755. The van der Waals surface area contributed by atoms with Gasteiger partial charge in [-0.3, -0.25) is 9.59 Å². The lowest BCUT2D eigenvalue weighted by molar-refractivity contribution is -0.122. The zero-order chi connectivity index (χ0) is 18.1. The third-order valence-corrected chi connectivity index (χ3v) is 5.35. The molecule has 2 aromatic heterocycles. The summed E-state index contributed by atoms with van der Waals surface area (Å²) in [7, 11) is 0. The van der Waals surface area contributed by atoms with E-state index < -0.39 is 11.9 Å². The number of fused-ring (bicyclic) bond motifs is 1. The Morgan fingerprint density at radius 2 is 2.00 bits per heavy atom. The minimum atomic E-state index is -0.681. The molecule has 0 radical (unpaired) electrons. The summed E-state index contributed by atoms with van der Waals surface area (Å²) in [5, 5.41) is 10.0. The van der Waals surface area contributed by atoms with Crippen molar-refractivity contribution >= 4 is 23.2 Å². The van der Waals surface area contributed by atoms with Crippen LogP contribution >= 0.6 is 11.3 Å². The van der Waals surface area contributed by atoms with Crippen molar-refractivity contribution in [3.8, 4) is 0 Å². The number of carbonyl (C=O) groups excluding carboxylic acids is 2. The topological polar surface area (TPSA) is 94.1 Å². The van der Waals surface area contributed by atoms with E-state index in [1.54, 1.807) is 22.2 Å². The van der Waals surface area contributed by atoms with E-state index in [0.29, 0.717) is 19.5 Å². The molecule has 0 unspecified atom stereocenters. The van der Waals surface area contributed by atoms with E-state index in [4.69, 9.17) is 5.73 Å². The number of carbonyl (C=O) groups is 2. The number of benzene rings is 1. The standard InChI is InChI=1S/C18H17N5O2S/c19-17(24)16-8-12-4-1-2-5-13(12)9-23(16)18(25)15-11-22(21-20-15)10-14-6-3-7-26-14/h1-7,11,16H,8-10H2,(H2,19,24)/t16-/m0/s1. The van der Waals surface area contributed by atoms with E-state index in [9.17, 15) is 9.59 Å². The highest BCUT2D eigenvalue weighted by Crippen LogP contribution is 2.24. The van der Waals surface area contributed by atoms with E-state index in [-0.39, 0.29) is 11.6 Å². The molecular weight excluding hydrogens is 350 g/mol. The SMILES string of the molecule is NC(=O)[C@@H]1Cc2ccccc2CN1C(=O)c1cn(Cc2cccs2)nn1. The number of rotatable bonds is 4. The van der Waals surface area contributed by atoms with Gasteiger partial charge in [-0.15, -0.1) is 16.4 Å². The van der Waals surface area contributed by atoms with Gasteiger partial charge in [0, 0.05) is 17.8 Å². The highest BCUT2D eigenvalue weighted by atomic mass is 32.1. The van der Waals surface area contributed by atoms with E-state index in [2.05, 4.69) is 10.3 Å². The third-order valence-electron chi connectivity index (χ3n) is 4.49. The predicted octanol–water partition coefficient (Wildman–Crippen LogP) is 1.44. The van der Waals surface area contributed by atoms with E-state index in [0.717, 1.165) is 16.0 Å². The Labute approximate surface area is 154 Å². The number of aromatic nitrogens is 3. The van der Waals surface area contributed by atoms with Crippen LogP contribution in [0.25, 0.3) is 0 Å². The Kier molecular flexibility index (Phi) is 4.26. The maximum Gasteiger partial charge on any atom is 0.277 e. The van der Waals surface area contributed by atoms with Crippen molar-refractivity contribution in [2.45, 2.75) is 25.6 Å². The van der Waals surface area contributed by atoms with Crippen LogP contribution in [0.4, 0.5) is 0 Å². The number of hydrogen-bond donors (Lipinski definition) is 1. The molecule has 4 rings (SSSR count). The fourth-order valence-corrected chi connectivity index (χ4v) is 3.87. The normalized spacial score (nSPS) is 16.3. The van der Waals surface area contributed by atoms with Crippen molar-refractivity contribution in [3.63, 3.8) is 0 Å². The molecule has 0 spiro atoms. The van der Waals surface area contributed by atoms with Crippen LogP contribution in [0.2, 0.25) is 0 Å². The number of primary amides is 1. The van der Waals surface area contributed by atoms with Gasteiger partial charge in [0.05, 0.1) is 12.7 Å². The van der Waals surface area contributed by atoms with Crippen molar-refractivity contribution in [1.29, 1.82) is 0 Å². The Bertz CT molecular complexity index is 950. The molecular formula is C18H17N5O2S. The lowest BCUT2D eigenvalue weighted by atomic mass is 9.93. The van der Waals surface area contributed by atoms with Crippen molar-refractivity contribution < 1.29 is 9.59 Å². The maximum atomic E-state index is 12.9. The molecule has 2 N–H and O–H groups in total. The third kappa shape index (κ3) is 3.11. The highest BCUT2D eigenvalue weighted by Gasteiger charge is 2.34. The van der Waals surface area contributed by atoms with Gasteiger partial charge in [-0.05, 0) is 22.6 Å². The van der Waals surface area contributed by atoms with Crippen molar-refractivity contribution in [1.82, 2.24) is 19.9 Å². The van der Waals surface area contributed by atoms with Crippen LogP contribution in [-0.2, 0) is 24.3 Å². The molecule has 8 heteroatoms. The van der Waals surface area contributed by atoms with Gasteiger partial charge in [-0.1, -0.05) is 35.5 Å². The zero-order valence-electron chi connectivity index (χ0n) is 13.9. The monoisotopic (exact) mass is 367 g/mol. The lowest BCUT2D eigenvalue weighted by Gasteiger charge is -2.34. The van der Waals surface area contributed by atoms with E-state index in [1.807, 2.05) is 41.8 Å². The van der Waals surface area contributed by atoms with Crippen LogP contribution in [0.5, 0.6) is 0 Å². The predicted molar refractivity (Wildman–Crippen MR) is 96.4 cm³/mol. The van der Waals surface area contributed by atoms with Crippen LogP contribution in [0.1, 0.15) is 26.5 Å². The molecule has 1 aromatic carbocycles. The van der Waals surface area contributed by atoms with Crippen LogP contribution in [0.3, 0.4) is 0 Å². The van der Waals surface area contributed by atoms with Crippen LogP contribution in [-0.4, -0.2) is 37.7 Å². The minimum absolute atomic E-state index is 0.215. The molecule has 1 aliphatic rings. The number of nitrogens with two attached hydrogens (primary N) is 1. The maximum absolute atomic E-state index is 12.9. The first-order valence-corrected chi connectivity index (χ1v) is 9.09. The molecule has 26 heavy (non-hydrogen) atoms. The molecule has 1 atom stereocenters. The number of nitrogens with zero attached hydrogens (tertiary/aromatic N) is 4. The number of thiophene rings is 1. The van der Waals surface area contributed by atoms with E-state index >= 15 is 0 Å². The van der Waals surface area contributed by atoms with Crippen molar-refractivity contribution in [2.24, 2.45) is 5.73 Å². The first kappa shape index (κ1) is 16.5. The summed E-state index contributed by atoms with van der Waals surface area (Å²) in [6, 6.07) is 11.0. The van der Waals surface area contributed by atoms with Gasteiger partial charge in [0.2, 0.25) is 5.91 Å². The van der Waals surface area contributed by atoms with Crippen LogP contribution in [0, 0.1) is 0 Å². The van der Waals surface area contributed by atoms with Crippen molar-refractivity contribution in [3.05, 3.63) is 69.7 Å². The molecule has 2 amide bonds. The van der Waals surface area contributed by atoms with E-state index in [1.165, 1.54) is 4.90 Å². The molecule has 0 aliphatic carbocycles. The van der Waals surface area contributed by atoms with Gasteiger partial charge >= 0.3 is 0 Å². The summed E-state index contributed by atoms with van der Waals surface area (Å²) in [6.07, 6.45) is 2.03. The van der Waals surface area contributed by atoms with Gasteiger partial charge in [0.1, 0.15) is 6.04 Å². The molecule has 132 valence electrons. The number of hydrogen-bond acceptors (Lipinski definition) is 5. The van der Waals surface area contributed by atoms with Crippen LogP contribution in [0.15, 0.2) is 48.0 Å². The van der Waals surface area contributed by atoms with Gasteiger partial charge < -0.3 is 10.6 Å². The molecule has 3 heterocycles. The molecule has 7 nitrogen and oxygen atoms in total.